The van der Waals surface area contributed by atoms with Crippen LogP contribution < -0.4 is 5.32 Å². The second-order valence-corrected chi connectivity index (χ2v) is 11.5. The molecule has 190 valence electrons. The van der Waals surface area contributed by atoms with Crippen molar-refractivity contribution in [3.05, 3.63) is 76.5 Å². The monoisotopic (exact) mass is 506 g/mol. The maximum Gasteiger partial charge on any atom is 0.263 e. The molecule has 2 aromatic carbocycles. The molecule has 36 heavy (non-hydrogen) atoms. The summed E-state index contributed by atoms with van der Waals surface area (Å²) < 4.78 is 27.3. The van der Waals surface area contributed by atoms with Crippen molar-refractivity contribution in [3.8, 4) is 6.07 Å². The first-order valence-electron chi connectivity index (χ1n) is 12.7. The number of aryl methyl sites for hydroxylation is 3. The van der Waals surface area contributed by atoms with Crippen LogP contribution in [0.5, 0.6) is 0 Å². The third-order valence-electron chi connectivity index (χ3n) is 7.10. The van der Waals surface area contributed by atoms with E-state index in [1.165, 1.54) is 28.3 Å². The zero-order valence-electron chi connectivity index (χ0n) is 21.0. The number of hydrogen-bond donors (Lipinski definition) is 1. The van der Waals surface area contributed by atoms with Gasteiger partial charge in [0.05, 0.1) is 10.9 Å². The molecule has 7 nitrogen and oxygen atoms in total. The van der Waals surface area contributed by atoms with Crippen molar-refractivity contribution in [2.45, 2.75) is 56.9 Å². The van der Waals surface area contributed by atoms with Crippen LogP contribution in [0.1, 0.15) is 54.5 Å². The molecule has 1 heterocycles. The Hall–Kier alpha value is -3.15. The normalized spacial score (nSPS) is 17.7. The van der Waals surface area contributed by atoms with Crippen molar-refractivity contribution in [2.24, 2.45) is 0 Å². The SMILES string of the molecule is CCC(NC(=O)/C(C#N)=C\N1CCN(S(=O)(=O)c2ccc(C)cc2)CC1)c1ccc2c(c1)CCCC2. The van der Waals surface area contributed by atoms with E-state index in [0.29, 0.717) is 26.2 Å². The second-order valence-electron chi connectivity index (χ2n) is 9.58. The molecule has 1 fully saturated rings. The topological polar surface area (TPSA) is 93.5 Å². The molecule has 1 aliphatic heterocycles. The largest absolute Gasteiger partial charge is 0.373 e. The third kappa shape index (κ3) is 5.80. The van der Waals surface area contributed by atoms with Gasteiger partial charge in [0.15, 0.2) is 0 Å². The van der Waals surface area contributed by atoms with Gasteiger partial charge in [-0.3, -0.25) is 4.79 Å². The molecule has 1 amide bonds. The maximum absolute atomic E-state index is 13.0. The Morgan fingerprint density at radius 1 is 1.06 bits per heavy atom. The highest BCUT2D eigenvalue weighted by Gasteiger charge is 2.28. The van der Waals surface area contributed by atoms with Crippen molar-refractivity contribution in [2.75, 3.05) is 26.2 Å². The van der Waals surface area contributed by atoms with Gasteiger partial charge in [-0.2, -0.15) is 9.57 Å². The quantitative estimate of drug-likeness (QED) is 0.455. The van der Waals surface area contributed by atoms with E-state index in [-0.39, 0.29) is 16.5 Å². The smallest absolute Gasteiger partial charge is 0.263 e. The van der Waals surface area contributed by atoms with Gasteiger partial charge in [0.1, 0.15) is 11.6 Å². The van der Waals surface area contributed by atoms with Gasteiger partial charge in [0.2, 0.25) is 10.0 Å². The van der Waals surface area contributed by atoms with E-state index in [4.69, 9.17) is 0 Å². The van der Waals surface area contributed by atoms with E-state index in [1.807, 2.05) is 24.8 Å². The number of carbonyl (C=O) groups excluding carboxylic acids is 1. The van der Waals surface area contributed by atoms with Crippen molar-refractivity contribution < 1.29 is 13.2 Å². The molecule has 0 saturated carbocycles. The number of nitriles is 1. The van der Waals surface area contributed by atoms with Crippen LogP contribution >= 0.6 is 0 Å². The summed E-state index contributed by atoms with van der Waals surface area (Å²) in [6.45, 7) is 5.34. The summed E-state index contributed by atoms with van der Waals surface area (Å²) in [5.74, 6) is -0.406. The molecule has 8 heteroatoms. The van der Waals surface area contributed by atoms with Crippen molar-refractivity contribution >= 4 is 15.9 Å². The second kappa shape index (κ2) is 11.3. The molecule has 0 bridgehead atoms. The number of fused-ring (bicyclic) bond motifs is 1. The fourth-order valence-corrected chi connectivity index (χ4v) is 6.30. The zero-order chi connectivity index (χ0) is 25.7. The zero-order valence-corrected chi connectivity index (χ0v) is 21.9. The summed E-state index contributed by atoms with van der Waals surface area (Å²) in [4.78, 5) is 15.1. The van der Waals surface area contributed by atoms with Crippen LogP contribution in [0.25, 0.3) is 0 Å². The Morgan fingerprint density at radius 3 is 2.36 bits per heavy atom. The summed E-state index contributed by atoms with van der Waals surface area (Å²) in [6, 6.07) is 15.1. The summed E-state index contributed by atoms with van der Waals surface area (Å²) in [6.07, 6.45) is 6.88. The van der Waals surface area contributed by atoms with Crippen LogP contribution in [0.3, 0.4) is 0 Å². The number of rotatable bonds is 7. The highest BCUT2D eigenvalue weighted by atomic mass is 32.2. The van der Waals surface area contributed by atoms with Crippen LogP contribution in [0.15, 0.2) is 59.1 Å². The number of hydrogen-bond acceptors (Lipinski definition) is 5. The molecule has 0 spiro atoms. The summed E-state index contributed by atoms with van der Waals surface area (Å²) in [7, 11) is -3.57. The van der Waals surface area contributed by atoms with Gasteiger partial charge >= 0.3 is 0 Å². The predicted molar refractivity (Wildman–Crippen MR) is 139 cm³/mol. The Morgan fingerprint density at radius 2 is 1.72 bits per heavy atom. The van der Waals surface area contributed by atoms with Crippen LogP contribution in [0.4, 0.5) is 0 Å². The fraction of sp³-hybridized carbons (Fsp3) is 0.429. The minimum absolute atomic E-state index is 0.0289. The van der Waals surface area contributed by atoms with Crippen molar-refractivity contribution in [1.29, 1.82) is 5.26 Å². The molecule has 0 radical (unpaired) electrons. The van der Waals surface area contributed by atoms with E-state index in [2.05, 4.69) is 23.5 Å². The first kappa shape index (κ1) is 25.9. The number of benzene rings is 2. The third-order valence-corrected chi connectivity index (χ3v) is 9.01. The van der Waals surface area contributed by atoms with E-state index in [1.54, 1.807) is 30.5 Å². The Labute approximate surface area is 214 Å². The molecule has 1 atom stereocenters. The number of sulfonamides is 1. The lowest BCUT2D eigenvalue weighted by Gasteiger charge is -2.33. The maximum atomic E-state index is 13.0. The van der Waals surface area contributed by atoms with Gasteiger partial charge < -0.3 is 10.2 Å². The van der Waals surface area contributed by atoms with Crippen LogP contribution in [0, 0.1) is 18.3 Å². The number of amides is 1. The van der Waals surface area contributed by atoms with Crippen LogP contribution in [0.2, 0.25) is 0 Å². The van der Waals surface area contributed by atoms with E-state index in [0.717, 1.165) is 30.4 Å². The van der Waals surface area contributed by atoms with Crippen molar-refractivity contribution in [3.63, 3.8) is 0 Å². The average Bonchev–Trinajstić information content (AvgIpc) is 2.90. The molecule has 4 rings (SSSR count). The lowest BCUT2D eigenvalue weighted by Crippen LogP contribution is -2.47. The molecule has 2 aromatic rings. The highest BCUT2D eigenvalue weighted by Crippen LogP contribution is 2.26. The highest BCUT2D eigenvalue weighted by molar-refractivity contribution is 7.89. The lowest BCUT2D eigenvalue weighted by molar-refractivity contribution is -0.118. The molecular weight excluding hydrogens is 472 g/mol. The summed E-state index contributed by atoms with van der Waals surface area (Å²) in [5, 5.41) is 12.7. The van der Waals surface area contributed by atoms with E-state index in [9.17, 15) is 18.5 Å². The molecule has 1 N–H and O–H groups in total. The van der Waals surface area contributed by atoms with E-state index >= 15 is 0 Å². The van der Waals surface area contributed by atoms with Crippen molar-refractivity contribution in [1.82, 2.24) is 14.5 Å². The molecule has 2 aliphatic rings. The van der Waals surface area contributed by atoms with Gasteiger partial charge in [0, 0.05) is 32.4 Å². The number of nitrogens with one attached hydrogen (secondary N) is 1. The first-order chi connectivity index (χ1) is 17.3. The first-order valence-corrected chi connectivity index (χ1v) is 14.1. The van der Waals surface area contributed by atoms with Gasteiger partial charge in [-0.15, -0.1) is 0 Å². The molecule has 0 aromatic heterocycles. The van der Waals surface area contributed by atoms with Crippen LogP contribution in [-0.2, 0) is 27.7 Å². The van der Waals surface area contributed by atoms with Gasteiger partial charge in [-0.25, -0.2) is 8.42 Å². The minimum Gasteiger partial charge on any atom is -0.373 e. The molecule has 1 unspecified atom stereocenters. The lowest BCUT2D eigenvalue weighted by atomic mass is 9.88. The Kier molecular flexibility index (Phi) is 8.12. The predicted octanol–water partition coefficient (Wildman–Crippen LogP) is 3.86. The fourth-order valence-electron chi connectivity index (χ4n) is 4.88. The van der Waals surface area contributed by atoms with Gasteiger partial charge in [-0.1, -0.05) is 42.8 Å². The Bertz CT molecular complexity index is 1270. The number of piperazine rings is 1. The standard InChI is InChI=1S/C28H34N4O3S/c1-3-27(24-11-10-22-6-4-5-7-23(22)18-24)30-28(33)25(19-29)20-31-14-16-32(17-15-31)36(34,35)26-12-8-21(2)9-13-26/h8-13,18,20,27H,3-7,14-17H2,1-2H3,(H,30,33)/b25-20-. The average molecular weight is 507 g/mol. The number of carbonyl (C=O) groups is 1. The molecular formula is C28H34N4O3S. The molecule has 1 saturated heterocycles. The molecule has 1 aliphatic carbocycles. The van der Waals surface area contributed by atoms with Crippen LogP contribution in [-0.4, -0.2) is 49.7 Å². The number of nitrogens with zero attached hydrogens (tertiary/aromatic N) is 3. The van der Waals surface area contributed by atoms with E-state index < -0.39 is 15.9 Å². The van der Waals surface area contributed by atoms with Gasteiger partial charge in [0.25, 0.3) is 5.91 Å². The summed E-state index contributed by atoms with van der Waals surface area (Å²) >= 11 is 0. The van der Waals surface area contributed by atoms with Gasteiger partial charge in [-0.05, 0) is 67.9 Å². The minimum atomic E-state index is -3.57. The Balaban J connectivity index is 1.39. The summed E-state index contributed by atoms with van der Waals surface area (Å²) in [5.41, 5.74) is 4.86.